The van der Waals surface area contributed by atoms with Crippen molar-refractivity contribution in [3.05, 3.63) is 11.8 Å². The minimum Gasteiger partial charge on any atom is -0.387 e. The third kappa shape index (κ3) is 3.08. The number of hydrogen-bond acceptors (Lipinski definition) is 3. The van der Waals surface area contributed by atoms with Crippen molar-refractivity contribution in [3.8, 4) is 0 Å². The second kappa shape index (κ2) is 7.13. The third-order valence-corrected chi connectivity index (χ3v) is 9.26. The molecule has 1 amide bonds. The summed E-state index contributed by atoms with van der Waals surface area (Å²) in [4.78, 5) is 27.7. The Hall–Kier alpha value is -1.32. The lowest BCUT2D eigenvalue weighted by Crippen LogP contribution is -2.57. The Morgan fingerprint density at radius 1 is 1.07 bits per heavy atom. The highest BCUT2D eigenvalue weighted by atomic mass is 16.2. The number of nitrogens with one attached hydrogen (secondary N) is 1. The van der Waals surface area contributed by atoms with E-state index in [9.17, 15) is 9.59 Å². The minimum atomic E-state index is 0.113. The van der Waals surface area contributed by atoms with Gasteiger partial charge in [-0.2, -0.15) is 0 Å². The van der Waals surface area contributed by atoms with Gasteiger partial charge >= 0.3 is 0 Å². The van der Waals surface area contributed by atoms with Crippen LogP contribution in [0, 0.1) is 34.5 Å². The van der Waals surface area contributed by atoms with E-state index in [1.165, 1.54) is 18.5 Å². The summed E-state index contributed by atoms with van der Waals surface area (Å²) < 4.78 is 0. The average molecular weight is 401 g/mol. The highest BCUT2D eigenvalue weighted by Crippen LogP contribution is 2.64. The summed E-state index contributed by atoms with van der Waals surface area (Å²) >= 11 is 0. The Morgan fingerprint density at radius 2 is 1.76 bits per heavy atom. The van der Waals surface area contributed by atoms with Crippen LogP contribution in [0.5, 0.6) is 0 Å². The molecule has 1 N–H and O–H groups in total. The summed E-state index contributed by atoms with van der Waals surface area (Å²) in [5.41, 5.74) is 1.42. The first-order chi connectivity index (χ1) is 13.6. The molecule has 1 aliphatic heterocycles. The molecule has 29 heavy (non-hydrogen) atoms. The Kier molecular flexibility index (Phi) is 5.15. The molecule has 4 nitrogen and oxygen atoms in total. The van der Waals surface area contributed by atoms with Crippen molar-refractivity contribution in [3.63, 3.8) is 0 Å². The predicted octanol–water partition coefficient (Wildman–Crippen LogP) is 4.55. The second-order valence-corrected chi connectivity index (χ2v) is 11.3. The lowest BCUT2D eigenvalue weighted by atomic mass is 9.50. The van der Waals surface area contributed by atoms with Crippen molar-refractivity contribution >= 4 is 11.7 Å². The van der Waals surface area contributed by atoms with Gasteiger partial charge in [-0.25, -0.2) is 0 Å². The fourth-order valence-electron chi connectivity index (χ4n) is 7.84. The van der Waals surface area contributed by atoms with Crippen LogP contribution >= 0.6 is 0 Å². The summed E-state index contributed by atoms with van der Waals surface area (Å²) in [6.07, 6.45) is 8.10. The number of piperidine rings is 1. The lowest BCUT2D eigenvalue weighted by Gasteiger charge is -2.58. The van der Waals surface area contributed by atoms with Crippen LogP contribution in [-0.4, -0.2) is 35.2 Å². The highest BCUT2D eigenvalue weighted by Gasteiger charge is 2.60. The smallest absolute Gasteiger partial charge is 0.226 e. The van der Waals surface area contributed by atoms with Crippen LogP contribution in [0.15, 0.2) is 11.8 Å². The van der Waals surface area contributed by atoms with Gasteiger partial charge in [-0.1, -0.05) is 13.8 Å². The Bertz CT molecular complexity index is 718. The molecule has 0 aromatic carbocycles. The van der Waals surface area contributed by atoms with E-state index in [1.54, 1.807) is 0 Å². The van der Waals surface area contributed by atoms with E-state index in [2.05, 4.69) is 51.8 Å². The van der Waals surface area contributed by atoms with Crippen LogP contribution in [0.3, 0.4) is 0 Å². The van der Waals surface area contributed by atoms with Crippen molar-refractivity contribution < 1.29 is 9.59 Å². The summed E-state index contributed by atoms with van der Waals surface area (Å²) in [5.74, 6) is 2.70. The zero-order chi connectivity index (χ0) is 21.1. The van der Waals surface area contributed by atoms with Crippen molar-refractivity contribution in [2.24, 2.45) is 34.5 Å². The summed E-state index contributed by atoms with van der Waals surface area (Å²) in [7, 11) is 0. The van der Waals surface area contributed by atoms with Gasteiger partial charge in [0.05, 0.1) is 0 Å². The van der Waals surface area contributed by atoms with Crippen LogP contribution in [0.2, 0.25) is 0 Å². The molecular formula is C25H40N2O2. The van der Waals surface area contributed by atoms with E-state index in [0.29, 0.717) is 30.1 Å². The van der Waals surface area contributed by atoms with Crippen LogP contribution in [-0.2, 0) is 9.59 Å². The number of nitrogens with zero attached hydrogens (tertiary/aromatic N) is 1. The number of hydrogen-bond donors (Lipinski definition) is 1. The first-order valence-corrected chi connectivity index (χ1v) is 11.9. The number of fused-ring (bicyclic) bond motifs is 5. The molecule has 0 unspecified atom stereocenters. The molecular weight excluding hydrogens is 360 g/mol. The maximum Gasteiger partial charge on any atom is 0.226 e. The SMILES string of the molecule is CC(C)N(C(=O)[C@H]1CC[C@H]2[C@@H]3CNC4=CC(=O)CC[C@]4(C)[C@H]3CC[C@]12C)C(C)C. The van der Waals surface area contributed by atoms with Gasteiger partial charge in [0.1, 0.15) is 0 Å². The van der Waals surface area contributed by atoms with Gasteiger partial charge in [0.25, 0.3) is 0 Å². The number of ketones is 1. The quantitative estimate of drug-likeness (QED) is 0.756. The Balaban J connectivity index is 1.60. The second-order valence-electron chi connectivity index (χ2n) is 11.3. The topological polar surface area (TPSA) is 49.4 Å². The zero-order valence-corrected chi connectivity index (χ0v) is 19.3. The average Bonchev–Trinajstić information content (AvgIpc) is 2.99. The van der Waals surface area contributed by atoms with E-state index in [-0.39, 0.29) is 34.6 Å². The standard InChI is InChI=1S/C25H40N2O2/c1-15(2)27(16(3)4)23(29)21-8-7-19-18-14-26-22-13-17(28)9-11-25(22,6)20(18)10-12-24(19,21)5/h13,15-16,18-21,26H,7-12,14H2,1-6H3/t18-,19-,20-,21+,24-,25+/m0/s1. The number of rotatable bonds is 3. The van der Waals surface area contributed by atoms with Crippen molar-refractivity contribution in [1.29, 1.82) is 0 Å². The van der Waals surface area contributed by atoms with Crippen LogP contribution in [0.1, 0.15) is 80.1 Å². The minimum absolute atomic E-state index is 0.113. The monoisotopic (exact) mass is 400 g/mol. The van der Waals surface area contributed by atoms with Gasteiger partial charge in [-0.3, -0.25) is 9.59 Å². The van der Waals surface area contributed by atoms with Crippen molar-refractivity contribution in [2.75, 3.05) is 6.54 Å². The molecule has 3 aliphatic carbocycles. The molecule has 4 heteroatoms. The molecule has 2 saturated carbocycles. The summed E-state index contributed by atoms with van der Waals surface area (Å²) in [5, 5.41) is 3.67. The largest absolute Gasteiger partial charge is 0.387 e. The molecule has 1 saturated heterocycles. The van der Waals surface area contributed by atoms with Crippen LogP contribution in [0.4, 0.5) is 0 Å². The molecule has 1 heterocycles. The maximum absolute atomic E-state index is 13.6. The van der Waals surface area contributed by atoms with Gasteiger partial charge in [-0.15, -0.1) is 0 Å². The molecule has 0 aromatic rings. The zero-order valence-electron chi connectivity index (χ0n) is 19.3. The van der Waals surface area contributed by atoms with E-state index in [1.807, 2.05) is 6.08 Å². The summed E-state index contributed by atoms with van der Waals surface area (Å²) in [6.45, 7) is 14.4. The molecule has 4 rings (SSSR count). The van der Waals surface area contributed by atoms with E-state index in [4.69, 9.17) is 0 Å². The van der Waals surface area contributed by atoms with Gasteiger partial charge in [0.15, 0.2) is 5.78 Å². The van der Waals surface area contributed by atoms with Crippen molar-refractivity contribution in [1.82, 2.24) is 10.2 Å². The summed E-state index contributed by atoms with van der Waals surface area (Å²) in [6, 6.07) is 0.508. The number of carbonyl (C=O) groups excluding carboxylic acids is 2. The molecule has 4 aliphatic rings. The first kappa shape index (κ1) is 20.9. The van der Waals surface area contributed by atoms with Crippen LogP contribution in [0.25, 0.3) is 0 Å². The molecule has 6 atom stereocenters. The van der Waals surface area contributed by atoms with Gasteiger partial charge < -0.3 is 10.2 Å². The third-order valence-electron chi connectivity index (χ3n) is 9.26. The molecule has 0 radical (unpaired) electrons. The van der Waals surface area contributed by atoms with Gasteiger partial charge in [-0.05, 0) is 83.0 Å². The fourth-order valence-corrected chi connectivity index (χ4v) is 7.84. The predicted molar refractivity (Wildman–Crippen MR) is 116 cm³/mol. The Labute approximate surface area is 176 Å². The number of allylic oxidation sites excluding steroid dienone is 2. The van der Waals surface area contributed by atoms with E-state index >= 15 is 0 Å². The number of carbonyl (C=O) groups is 2. The van der Waals surface area contributed by atoms with Gasteiger partial charge in [0, 0.05) is 48.2 Å². The number of amides is 1. The lowest BCUT2D eigenvalue weighted by molar-refractivity contribution is -0.146. The van der Waals surface area contributed by atoms with Gasteiger partial charge in [0.2, 0.25) is 5.91 Å². The van der Waals surface area contributed by atoms with Crippen molar-refractivity contribution in [2.45, 2.75) is 92.2 Å². The van der Waals surface area contributed by atoms with E-state index in [0.717, 1.165) is 25.8 Å². The maximum atomic E-state index is 13.6. The van der Waals surface area contributed by atoms with Crippen LogP contribution < -0.4 is 5.32 Å². The van der Waals surface area contributed by atoms with E-state index < -0.39 is 0 Å². The molecule has 0 aromatic heterocycles. The molecule has 0 bridgehead atoms. The molecule has 162 valence electrons. The molecule has 0 spiro atoms. The normalized spacial score (nSPS) is 41.4. The highest BCUT2D eigenvalue weighted by molar-refractivity contribution is 5.91. The first-order valence-electron chi connectivity index (χ1n) is 11.9. The Morgan fingerprint density at radius 3 is 2.41 bits per heavy atom. The fraction of sp³-hybridized carbons (Fsp3) is 0.840. The molecule has 3 fully saturated rings.